The Morgan fingerprint density at radius 3 is 2.62 bits per heavy atom. The Hall–Kier alpha value is -2.24. The largest absolute Gasteiger partial charge is 0.479 e. The zero-order valence-corrected chi connectivity index (χ0v) is 16.1. The fourth-order valence-electron chi connectivity index (χ4n) is 2.84. The lowest BCUT2D eigenvalue weighted by molar-refractivity contribution is -0.130. The molecule has 26 heavy (non-hydrogen) atoms. The van der Waals surface area contributed by atoms with Crippen LogP contribution in [0.4, 0.5) is 11.4 Å². The number of carbonyl (C=O) groups is 2. The molecule has 0 radical (unpaired) electrons. The number of benzene rings is 2. The molecule has 0 fully saturated rings. The number of hydrogen-bond acceptors (Lipinski definition) is 3. The Kier molecular flexibility index (Phi) is 4.86. The quantitative estimate of drug-likeness (QED) is 0.834. The zero-order chi connectivity index (χ0) is 19.1. The van der Waals surface area contributed by atoms with Gasteiger partial charge in [0.15, 0.2) is 6.10 Å². The molecule has 1 aliphatic heterocycles. The van der Waals surface area contributed by atoms with Gasteiger partial charge in [0.25, 0.3) is 5.91 Å². The number of anilines is 2. The third-order valence-electron chi connectivity index (χ3n) is 4.27. The molecule has 1 heterocycles. The first-order valence-corrected chi connectivity index (χ1v) is 8.83. The van der Waals surface area contributed by atoms with Crippen LogP contribution in [0.3, 0.4) is 0 Å². The van der Waals surface area contributed by atoms with E-state index in [4.69, 9.17) is 27.9 Å². The van der Waals surface area contributed by atoms with Gasteiger partial charge in [0.1, 0.15) is 11.3 Å². The monoisotopic (exact) mass is 392 g/mol. The maximum absolute atomic E-state index is 13.2. The molecule has 0 spiro atoms. The van der Waals surface area contributed by atoms with Gasteiger partial charge in [0.2, 0.25) is 5.91 Å². The van der Waals surface area contributed by atoms with E-state index in [1.54, 1.807) is 57.2 Å². The number of amides is 2. The molecule has 7 heteroatoms. The van der Waals surface area contributed by atoms with Gasteiger partial charge >= 0.3 is 0 Å². The summed E-state index contributed by atoms with van der Waals surface area (Å²) in [4.78, 5) is 27.1. The Balaban J connectivity index is 1.94. The van der Waals surface area contributed by atoms with E-state index in [1.165, 1.54) is 4.90 Å². The summed E-state index contributed by atoms with van der Waals surface area (Å²) in [5.41, 5.74) is 0.133. The molecule has 1 atom stereocenters. The van der Waals surface area contributed by atoms with Crippen molar-refractivity contribution in [2.24, 2.45) is 0 Å². The number of hydrogen-bond donors (Lipinski definition) is 1. The number of nitrogens with one attached hydrogen (secondary N) is 1. The zero-order valence-electron chi connectivity index (χ0n) is 14.5. The molecule has 0 aliphatic carbocycles. The number of para-hydroxylation sites is 2. The van der Waals surface area contributed by atoms with E-state index in [0.29, 0.717) is 27.2 Å². The van der Waals surface area contributed by atoms with Crippen LogP contribution in [0.1, 0.15) is 20.8 Å². The summed E-state index contributed by atoms with van der Waals surface area (Å²) in [6, 6.07) is 11.9. The first-order valence-electron chi connectivity index (χ1n) is 8.08. The molecule has 0 unspecified atom stereocenters. The average Bonchev–Trinajstić information content (AvgIpc) is 2.58. The summed E-state index contributed by atoms with van der Waals surface area (Å²) in [5.74, 6) is -0.307. The molecule has 136 valence electrons. The minimum absolute atomic E-state index is 0.266. The topological polar surface area (TPSA) is 58.6 Å². The van der Waals surface area contributed by atoms with E-state index in [2.05, 4.69) is 5.32 Å². The van der Waals surface area contributed by atoms with E-state index in [1.807, 2.05) is 6.07 Å². The fourth-order valence-corrected chi connectivity index (χ4v) is 3.16. The van der Waals surface area contributed by atoms with Crippen LogP contribution >= 0.6 is 23.2 Å². The van der Waals surface area contributed by atoms with Crippen molar-refractivity contribution in [1.29, 1.82) is 0 Å². The first-order chi connectivity index (χ1) is 12.2. The highest BCUT2D eigenvalue weighted by Crippen LogP contribution is 2.37. The lowest BCUT2D eigenvalue weighted by atomic mass is 9.95. The van der Waals surface area contributed by atoms with Crippen LogP contribution in [0.2, 0.25) is 10.0 Å². The Morgan fingerprint density at radius 2 is 1.88 bits per heavy atom. The normalized spacial score (nSPS) is 16.5. The number of nitrogens with zero attached hydrogens (tertiary/aromatic N) is 1. The molecular weight excluding hydrogens is 375 g/mol. The van der Waals surface area contributed by atoms with Gasteiger partial charge in [0, 0.05) is 11.1 Å². The molecule has 2 aromatic rings. The van der Waals surface area contributed by atoms with Gasteiger partial charge < -0.3 is 10.1 Å². The standard InChI is InChI=1S/C19H18Cl2N2O3/c1-11(26-16-10-12(20)8-9-13(16)21)17(24)23-15-7-5-4-6-14(15)22-18(25)19(23,2)3/h4-11H,1-3H3,(H,22,25)/t11-/m0/s1. The SMILES string of the molecule is C[C@H](Oc1cc(Cl)ccc1Cl)C(=O)N1c2ccccc2NC(=O)C1(C)C. The van der Waals surface area contributed by atoms with Crippen molar-refractivity contribution in [1.82, 2.24) is 0 Å². The Bertz CT molecular complexity index is 883. The summed E-state index contributed by atoms with van der Waals surface area (Å²) in [5, 5.41) is 3.63. The number of rotatable bonds is 3. The van der Waals surface area contributed by atoms with E-state index in [-0.39, 0.29) is 11.8 Å². The van der Waals surface area contributed by atoms with Crippen LogP contribution in [0, 0.1) is 0 Å². The van der Waals surface area contributed by atoms with Crippen LogP contribution in [-0.4, -0.2) is 23.5 Å². The van der Waals surface area contributed by atoms with Gasteiger partial charge in [-0.05, 0) is 45.0 Å². The van der Waals surface area contributed by atoms with Crippen molar-refractivity contribution in [2.75, 3.05) is 10.2 Å². The summed E-state index contributed by atoms with van der Waals surface area (Å²) >= 11 is 12.1. The van der Waals surface area contributed by atoms with Crippen LogP contribution in [0.15, 0.2) is 42.5 Å². The number of halogens is 2. The Morgan fingerprint density at radius 1 is 1.19 bits per heavy atom. The van der Waals surface area contributed by atoms with E-state index >= 15 is 0 Å². The summed E-state index contributed by atoms with van der Waals surface area (Å²) in [6.07, 6.45) is -0.871. The maximum Gasteiger partial charge on any atom is 0.268 e. The fraction of sp³-hybridized carbons (Fsp3) is 0.263. The lowest BCUT2D eigenvalue weighted by Crippen LogP contribution is -2.60. The van der Waals surface area contributed by atoms with Crippen LogP contribution in [-0.2, 0) is 9.59 Å². The molecule has 0 saturated heterocycles. The molecule has 0 bridgehead atoms. The molecule has 2 amide bonds. The van der Waals surface area contributed by atoms with Crippen molar-refractivity contribution in [3.05, 3.63) is 52.5 Å². The molecular formula is C19H18Cl2N2O3. The van der Waals surface area contributed by atoms with Crippen LogP contribution in [0.5, 0.6) is 5.75 Å². The van der Waals surface area contributed by atoms with E-state index in [0.717, 1.165) is 0 Å². The third kappa shape index (κ3) is 3.24. The minimum atomic E-state index is -1.07. The predicted octanol–water partition coefficient (Wildman–Crippen LogP) is 4.52. The maximum atomic E-state index is 13.2. The van der Waals surface area contributed by atoms with Crippen molar-refractivity contribution in [3.63, 3.8) is 0 Å². The lowest BCUT2D eigenvalue weighted by Gasteiger charge is -2.42. The third-order valence-corrected chi connectivity index (χ3v) is 4.82. The molecule has 2 aromatic carbocycles. The molecule has 1 N–H and O–H groups in total. The van der Waals surface area contributed by atoms with E-state index in [9.17, 15) is 9.59 Å². The molecule has 3 rings (SSSR count). The number of fused-ring (bicyclic) bond motifs is 1. The number of carbonyl (C=O) groups excluding carboxylic acids is 2. The van der Waals surface area contributed by atoms with E-state index < -0.39 is 11.6 Å². The molecule has 1 aliphatic rings. The van der Waals surface area contributed by atoms with Crippen LogP contribution < -0.4 is 15.0 Å². The summed E-state index contributed by atoms with van der Waals surface area (Å²) in [7, 11) is 0. The smallest absolute Gasteiger partial charge is 0.268 e. The second-order valence-corrected chi connectivity index (χ2v) is 7.38. The van der Waals surface area contributed by atoms with Crippen molar-refractivity contribution < 1.29 is 14.3 Å². The molecule has 0 saturated carbocycles. The molecule has 5 nitrogen and oxygen atoms in total. The highest BCUT2D eigenvalue weighted by atomic mass is 35.5. The van der Waals surface area contributed by atoms with Gasteiger partial charge in [-0.2, -0.15) is 0 Å². The van der Waals surface area contributed by atoms with Gasteiger partial charge in [-0.1, -0.05) is 35.3 Å². The number of ether oxygens (including phenoxy) is 1. The summed E-state index contributed by atoms with van der Waals surface area (Å²) < 4.78 is 5.75. The van der Waals surface area contributed by atoms with Gasteiger partial charge in [-0.25, -0.2) is 0 Å². The Labute approximate surface area is 161 Å². The molecule has 0 aromatic heterocycles. The highest BCUT2D eigenvalue weighted by molar-refractivity contribution is 6.34. The second kappa shape index (κ2) is 6.82. The van der Waals surface area contributed by atoms with Crippen molar-refractivity contribution >= 4 is 46.4 Å². The van der Waals surface area contributed by atoms with Crippen LogP contribution in [0.25, 0.3) is 0 Å². The van der Waals surface area contributed by atoms with Gasteiger partial charge in [-0.15, -0.1) is 0 Å². The van der Waals surface area contributed by atoms with Crippen molar-refractivity contribution in [3.8, 4) is 5.75 Å². The minimum Gasteiger partial charge on any atom is -0.479 e. The second-order valence-electron chi connectivity index (χ2n) is 6.54. The predicted molar refractivity (Wildman–Crippen MR) is 103 cm³/mol. The van der Waals surface area contributed by atoms with Crippen molar-refractivity contribution in [2.45, 2.75) is 32.4 Å². The van der Waals surface area contributed by atoms with Gasteiger partial charge in [0.05, 0.1) is 16.4 Å². The first kappa shape index (κ1) is 18.5. The average molecular weight is 393 g/mol. The highest BCUT2D eigenvalue weighted by Gasteiger charge is 2.45. The summed E-state index contributed by atoms with van der Waals surface area (Å²) in [6.45, 7) is 5.00. The van der Waals surface area contributed by atoms with Gasteiger partial charge in [-0.3, -0.25) is 14.5 Å².